The molecule has 202 valence electrons. The molecule has 0 aliphatic heterocycles. The van der Waals surface area contributed by atoms with E-state index < -0.39 is 35.2 Å². The molecule has 0 heterocycles. The lowest BCUT2D eigenvalue weighted by Crippen LogP contribution is -2.55. The maximum Gasteiger partial charge on any atom is 0.408 e. The quantitative estimate of drug-likeness (QED) is 0.270. The molecule has 5 rings (SSSR count). The molecule has 1 aliphatic rings. The molecule has 0 radical (unpaired) electrons. The molecule has 0 fully saturated rings. The number of amides is 1. The average Bonchev–Trinajstić information content (AvgIpc) is 3.33. The molecule has 7 nitrogen and oxygen atoms in total. The van der Waals surface area contributed by atoms with E-state index >= 15 is 0 Å². The minimum Gasteiger partial charge on any atom is -0.479 e. The zero-order valence-electron chi connectivity index (χ0n) is 21.0. The summed E-state index contributed by atoms with van der Waals surface area (Å²) in [4.78, 5) is 38.0. The zero-order valence-corrected chi connectivity index (χ0v) is 21.0. The third-order valence-corrected chi connectivity index (χ3v) is 6.99. The Morgan fingerprint density at radius 3 is 1.95 bits per heavy atom. The first-order chi connectivity index (χ1) is 19.2. The number of hydrogen-bond donors (Lipinski definition) is 3. The van der Waals surface area contributed by atoms with E-state index in [1.165, 1.54) is 54.6 Å². The second-order valence-corrected chi connectivity index (χ2v) is 9.55. The molecule has 9 heteroatoms. The van der Waals surface area contributed by atoms with Crippen LogP contribution in [-0.4, -0.2) is 33.8 Å². The highest BCUT2D eigenvalue weighted by Crippen LogP contribution is 2.44. The van der Waals surface area contributed by atoms with Gasteiger partial charge in [0.25, 0.3) is 0 Å². The molecule has 0 bridgehead atoms. The van der Waals surface area contributed by atoms with E-state index in [0.29, 0.717) is 33.4 Å². The SMILES string of the molecule is O=C(N[C@]1(C(=O)O)Cc2c(-c3ccc(F)cc3)cc(C(=O)O)c(-c3ccc(F)cc3)c2C1)OCc1ccccc1. The largest absolute Gasteiger partial charge is 0.479 e. The van der Waals surface area contributed by atoms with Crippen LogP contribution in [0.25, 0.3) is 22.3 Å². The van der Waals surface area contributed by atoms with Crippen molar-refractivity contribution in [1.29, 1.82) is 0 Å². The van der Waals surface area contributed by atoms with Crippen LogP contribution in [0, 0.1) is 11.6 Å². The first-order valence-electron chi connectivity index (χ1n) is 12.3. The minimum atomic E-state index is -1.86. The number of aliphatic carboxylic acids is 1. The molecular formula is C31H23F2NO6. The fourth-order valence-corrected chi connectivity index (χ4v) is 5.09. The van der Waals surface area contributed by atoms with Crippen molar-refractivity contribution in [2.24, 2.45) is 0 Å². The molecule has 4 aromatic carbocycles. The second kappa shape index (κ2) is 10.6. The summed E-state index contributed by atoms with van der Waals surface area (Å²) in [5.74, 6) is -3.65. The third kappa shape index (κ3) is 5.13. The molecule has 0 saturated carbocycles. The summed E-state index contributed by atoms with van der Waals surface area (Å²) in [5, 5.41) is 23.0. The maximum absolute atomic E-state index is 13.7. The highest BCUT2D eigenvalue weighted by molar-refractivity contribution is 6.01. The van der Waals surface area contributed by atoms with Crippen molar-refractivity contribution in [3.8, 4) is 22.3 Å². The summed E-state index contributed by atoms with van der Waals surface area (Å²) < 4.78 is 32.7. The van der Waals surface area contributed by atoms with Crippen LogP contribution in [0.4, 0.5) is 13.6 Å². The Labute approximate surface area is 227 Å². The number of aromatic carboxylic acids is 1. The van der Waals surface area contributed by atoms with Crippen LogP contribution in [-0.2, 0) is 29.0 Å². The molecule has 3 N–H and O–H groups in total. The van der Waals surface area contributed by atoms with E-state index in [2.05, 4.69) is 5.32 Å². The van der Waals surface area contributed by atoms with Crippen molar-refractivity contribution in [3.63, 3.8) is 0 Å². The van der Waals surface area contributed by atoms with Gasteiger partial charge in [0.15, 0.2) is 0 Å². The van der Waals surface area contributed by atoms with Gasteiger partial charge in [-0.05, 0) is 69.3 Å². The number of fused-ring (bicyclic) bond motifs is 1. The molecular weight excluding hydrogens is 520 g/mol. The molecule has 0 unspecified atom stereocenters. The summed E-state index contributed by atoms with van der Waals surface area (Å²) in [6, 6.07) is 20.8. The first kappa shape index (κ1) is 26.6. The van der Waals surface area contributed by atoms with Gasteiger partial charge in [0.2, 0.25) is 0 Å². The average molecular weight is 544 g/mol. The van der Waals surface area contributed by atoms with E-state index in [4.69, 9.17) is 4.74 Å². The van der Waals surface area contributed by atoms with Gasteiger partial charge >= 0.3 is 18.0 Å². The van der Waals surface area contributed by atoms with Crippen LogP contribution in [0.3, 0.4) is 0 Å². The van der Waals surface area contributed by atoms with Crippen LogP contribution in [0.15, 0.2) is 84.9 Å². The van der Waals surface area contributed by atoms with Crippen molar-refractivity contribution < 1.29 is 38.1 Å². The lowest BCUT2D eigenvalue weighted by Gasteiger charge is -2.25. The van der Waals surface area contributed by atoms with E-state index in [1.54, 1.807) is 24.3 Å². The summed E-state index contributed by atoms with van der Waals surface area (Å²) in [6.07, 6.45) is -1.41. The van der Waals surface area contributed by atoms with Gasteiger partial charge in [-0.15, -0.1) is 0 Å². The van der Waals surface area contributed by atoms with Crippen molar-refractivity contribution in [3.05, 3.63) is 119 Å². The van der Waals surface area contributed by atoms with Gasteiger partial charge in [-0.2, -0.15) is 0 Å². The maximum atomic E-state index is 13.7. The van der Waals surface area contributed by atoms with E-state index in [0.717, 1.165) is 0 Å². The van der Waals surface area contributed by atoms with Crippen molar-refractivity contribution >= 4 is 18.0 Å². The van der Waals surface area contributed by atoms with E-state index in [-0.39, 0.29) is 30.6 Å². The fourth-order valence-electron chi connectivity index (χ4n) is 5.09. The number of alkyl carbamates (subject to hydrolysis) is 1. The van der Waals surface area contributed by atoms with E-state index in [9.17, 15) is 33.4 Å². The molecule has 1 atom stereocenters. The van der Waals surface area contributed by atoms with Gasteiger partial charge in [-0.3, -0.25) is 0 Å². The lowest BCUT2D eigenvalue weighted by atomic mass is 9.86. The normalized spacial score (nSPS) is 15.8. The molecule has 0 saturated heterocycles. The Morgan fingerprint density at radius 2 is 1.38 bits per heavy atom. The lowest BCUT2D eigenvalue weighted by molar-refractivity contribution is -0.144. The molecule has 0 spiro atoms. The van der Waals surface area contributed by atoms with Gasteiger partial charge < -0.3 is 20.3 Å². The number of ether oxygens (including phenoxy) is 1. The Kier molecular flexibility index (Phi) is 7.04. The van der Waals surface area contributed by atoms with Crippen LogP contribution in [0.2, 0.25) is 0 Å². The summed E-state index contributed by atoms with van der Waals surface area (Å²) in [5.41, 5.74) is 0.997. The molecule has 1 aliphatic carbocycles. The molecule has 4 aromatic rings. The Hall–Kier alpha value is -5.05. The van der Waals surface area contributed by atoms with Gasteiger partial charge in [0.1, 0.15) is 23.8 Å². The molecule has 0 aromatic heterocycles. The number of carboxylic acids is 2. The summed E-state index contributed by atoms with van der Waals surface area (Å²) >= 11 is 0. The Balaban J connectivity index is 1.62. The number of rotatable bonds is 7. The number of carbonyl (C=O) groups excluding carboxylic acids is 1. The van der Waals surface area contributed by atoms with Crippen LogP contribution in [0.1, 0.15) is 27.0 Å². The van der Waals surface area contributed by atoms with Gasteiger partial charge in [-0.1, -0.05) is 54.6 Å². The Bertz CT molecular complexity index is 1600. The monoisotopic (exact) mass is 543 g/mol. The molecule has 1 amide bonds. The predicted octanol–water partition coefficient (Wildman–Crippen LogP) is 5.85. The predicted molar refractivity (Wildman–Crippen MR) is 142 cm³/mol. The van der Waals surface area contributed by atoms with Gasteiger partial charge in [0, 0.05) is 12.8 Å². The van der Waals surface area contributed by atoms with Gasteiger partial charge in [-0.25, -0.2) is 23.2 Å². The number of halogens is 2. The number of nitrogens with one attached hydrogen (secondary N) is 1. The highest BCUT2D eigenvalue weighted by atomic mass is 19.1. The summed E-state index contributed by atoms with van der Waals surface area (Å²) in [6.45, 7) is -0.0832. The third-order valence-electron chi connectivity index (χ3n) is 6.99. The van der Waals surface area contributed by atoms with Crippen molar-refractivity contribution in [2.45, 2.75) is 25.0 Å². The summed E-state index contributed by atoms with van der Waals surface area (Å²) in [7, 11) is 0. The van der Waals surface area contributed by atoms with Crippen molar-refractivity contribution in [1.82, 2.24) is 5.32 Å². The van der Waals surface area contributed by atoms with Crippen LogP contribution < -0.4 is 5.32 Å². The van der Waals surface area contributed by atoms with Gasteiger partial charge in [0.05, 0.1) is 5.56 Å². The topological polar surface area (TPSA) is 113 Å². The smallest absolute Gasteiger partial charge is 0.408 e. The zero-order chi connectivity index (χ0) is 28.4. The standard InChI is InChI=1S/C31H23F2NO6/c32-21-10-6-19(7-11-21)23-14-24(28(35)36)27(20-8-12-22(33)13-9-20)26-16-31(29(37)38,15-25(23)26)34-30(39)40-17-18-4-2-1-3-5-18/h1-14H,15-17H2,(H,34,39)(H,35,36)(H,37,38)/t31-/m1/s1. The fraction of sp³-hybridized carbons (Fsp3) is 0.129. The van der Waals surface area contributed by atoms with Crippen LogP contribution in [0.5, 0.6) is 0 Å². The van der Waals surface area contributed by atoms with E-state index in [1.807, 2.05) is 6.07 Å². The number of hydrogen-bond acceptors (Lipinski definition) is 4. The Morgan fingerprint density at radius 1 is 0.800 bits per heavy atom. The van der Waals surface area contributed by atoms with Crippen LogP contribution >= 0.6 is 0 Å². The first-order valence-corrected chi connectivity index (χ1v) is 12.3. The van der Waals surface area contributed by atoms with Crippen molar-refractivity contribution in [2.75, 3.05) is 0 Å². The molecule has 40 heavy (non-hydrogen) atoms. The number of benzene rings is 4. The number of carbonyl (C=O) groups is 3. The minimum absolute atomic E-state index is 0.0832. The highest BCUT2D eigenvalue weighted by Gasteiger charge is 2.48. The number of carboxylic acid groups (broad SMARTS) is 2. The second-order valence-electron chi connectivity index (χ2n) is 9.55.